The lowest BCUT2D eigenvalue weighted by atomic mass is 10.2. The number of nitrogens with one attached hydrogen (secondary N) is 2. The largest absolute Gasteiger partial charge is 0.379 e. The predicted octanol–water partition coefficient (Wildman–Crippen LogP) is 0.830. The zero-order valence-corrected chi connectivity index (χ0v) is 16.7. The van der Waals surface area contributed by atoms with Crippen LogP contribution in [0.15, 0.2) is 47.4 Å². The number of non-ortho nitro benzene ring substituents is 1. The Bertz CT molecular complexity index is 1120. The molecule has 0 atom stereocenters. The predicted molar refractivity (Wildman–Crippen MR) is 104 cm³/mol. The van der Waals surface area contributed by atoms with E-state index >= 15 is 0 Å². The van der Waals surface area contributed by atoms with Crippen molar-refractivity contribution in [1.82, 2.24) is 15.2 Å². The van der Waals surface area contributed by atoms with E-state index in [0.717, 1.165) is 34.6 Å². The van der Waals surface area contributed by atoms with Crippen molar-refractivity contribution >= 4 is 27.5 Å². The summed E-state index contributed by atoms with van der Waals surface area (Å²) in [6, 6.07) is 7.45. The molecule has 2 amide bonds. The highest BCUT2D eigenvalue weighted by Crippen LogP contribution is 2.22. The van der Waals surface area contributed by atoms with Crippen LogP contribution < -0.4 is 10.9 Å². The van der Waals surface area contributed by atoms with E-state index in [1.807, 2.05) is 0 Å². The Labute approximate surface area is 176 Å². The molecule has 0 spiro atoms. The normalized spacial score (nSPS) is 14.6. The number of hydrogen-bond acceptors (Lipinski definition) is 7. The average Bonchev–Trinajstić information content (AvgIpc) is 2.78. The first-order valence-electron chi connectivity index (χ1n) is 8.93. The van der Waals surface area contributed by atoms with Gasteiger partial charge in [-0.05, 0) is 30.3 Å². The average molecular weight is 452 g/mol. The standard InChI is InChI=1S/C18H17FN4O7S/c19-15-6-3-13(11-16(15)31(28,29)22-7-9-30-10-8-22)18(25)21-20-17(24)12-1-4-14(5-2-12)23(26)27/h1-6,11H,7-10H2,(H,20,24)(H,21,25). The molecular weight excluding hydrogens is 435 g/mol. The molecule has 1 aliphatic heterocycles. The number of halogens is 1. The van der Waals surface area contributed by atoms with Gasteiger partial charge in [0.1, 0.15) is 10.7 Å². The molecule has 2 aromatic rings. The number of carbonyl (C=O) groups excluding carboxylic acids is 2. The minimum Gasteiger partial charge on any atom is -0.379 e. The summed E-state index contributed by atoms with van der Waals surface area (Å²) in [4.78, 5) is 33.8. The van der Waals surface area contributed by atoms with Crippen molar-refractivity contribution in [2.45, 2.75) is 4.90 Å². The van der Waals surface area contributed by atoms with E-state index in [-0.39, 0.29) is 43.1 Å². The van der Waals surface area contributed by atoms with E-state index in [1.165, 1.54) is 12.1 Å². The molecule has 2 aromatic carbocycles. The van der Waals surface area contributed by atoms with Crippen LogP contribution in [-0.4, -0.2) is 55.8 Å². The molecule has 0 aromatic heterocycles. The van der Waals surface area contributed by atoms with Gasteiger partial charge in [0.25, 0.3) is 17.5 Å². The van der Waals surface area contributed by atoms with Crippen molar-refractivity contribution in [1.29, 1.82) is 0 Å². The summed E-state index contributed by atoms with van der Waals surface area (Å²) in [5.41, 5.74) is 3.83. The second-order valence-electron chi connectivity index (χ2n) is 6.37. The van der Waals surface area contributed by atoms with Crippen molar-refractivity contribution < 1.29 is 32.1 Å². The minimum atomic E-state index is -4.18. The molecule has 31 heavy (non-hydrogen) atoms. The van der Waals surface area contributed by atoms with Gasteiger partial charge in [-0.25, -0.2) is 12.8 Å². The number of rotatable bonds is 5. The molecule has 1 fully saturated rings. The molecular formula is C18H17FN4O7S. The Hall–Kier alpha value is -3.42. The van der Waals surface area contributed by atoms with Gasteiger partial charge in [-0.15, -0.1) is 0 Å². The molecule has 11 nitrogen and oxygen atoms in total. The summed E-state index contributed by atoms with van der Waals surface area (Å²) < 4.78 is 45.8. The zero-order chi connectivity index (χ0) is 22.6. The SMILES string of the molecule is O=C(NNC(=O)c1ccc(F)c(S(=O)(=O)N2CCOCC2)c1)c1ccc([N+](=O)[O-])cc1. The number of hydrogen-bond donors (Lipinski definition) is 2. The minimum absolute atomic E-state index is 0.0422. The molecule has 164 valence electrons. The Morgan fingerprint density at radius 1 is 1.00 bits per heavy atom. The Morgan fingerprint density at radius 3 is 2.13 bits per heavy atom. The van der Waals surface area contributed by atoms with Crippen molar-refractivity contribution in [2.24, 2.45) is 0 Å². The van der Waals surface area contributed by atoms with Crippen LogP contribution in [0.5, 0.6) is 0 Å². The molecule has 2 N–H and O–H groups in total. The van der Waals surface area contributed by atoms with Crippen LogP contribution >= 0.6 is 0 Å². The third-order valence-electron chi connectivity index (χ3n) is 4.41. The molecule has 13 heteroatoms. The van der Waals surface area contributed by atoms with Gasteiger partial charge in [0.15, 0.2) is 0 Å². The monoisotopic (exact) mass is 452 g/mol. The highest BCUT2D eigenvalue weighted by Gasteiger charge is 2.29. The second-order valence-corrected chi connectivity index (χ2v) is 8.28. The van der Waals surface area contributed by atoms with Crippen LogP contribution in [0, 0.1) is 15.9 Å². The number of nitro benzene ring substituents is 1. The molecule has 1 aliphatic rings. The zero-order valence-electron chi connectivity index (χ0n) is 15.9. The first-order valence-corrected chi connectivity index (χ1v) is 10.4. The van der Waals surface area contributed by atoms with Crippen LogP contribution in [-0.2, 0) is 14.8 Å². The number of benzene rings is 2. The van der Waals surface area contributed by atoms with Gasteiger partial charge in [0, 0.05) is 36.3 Å². The highest BCUT2D eigenvalue weighted by atomic mass is 32.2. The fraction of sp³-hybridized carbons (Fsp3) is 0.222. The maximum absolute atomic E-state index is 14.2. The van der Waals surface area contributed by atoms with Crippen molar-refractivity contribution in [2.75, 3.05) is 26.3 Å². The first kappa shape index (κ1) is 22.3. The maximum atomic E-state index is 14.2. The highest BCUT2D eigenvalue weighted by molar-refractivity contribution is 7.89. The second kappa shape index (κ2) is 9.16. The lowest BCUT2D eigenvalue weighted by Gasteiger charge is -2.26. The van der Waals surface area contributed by atoms with Gasteiger partial charge in [-0.2, -0.15) is 4.31 Å². The van der Waals surface area contributed by atoms with Crippen LogP contribution in [0.4, 0.5) is 10.1 Å². The lowest BCUT2D eigenvalue weighted by molar-refractivity contribution is -0.384. The van der Waals surface area contributed by atoms with E-state index in [9.17, 15) is 32.5 Å². The van der Waals surface area contributed by atoms with Crippen molar-refractivity contribution in [3.05, 3.63) is 69.5 Å². The number of ether oxygens (including phenoxy) is 1. The van der Waals surface area contributed by atoms with E-state index in [1.54, 1.807) is 0 Å². The van der Waals surface area contributed by atoms with Gasteiger partial charge >= 0.3 is 0 Å². The van der Waals surface area contributed by atoms with Crippen molar-refractivity contribution in [3.63, 3.8) is 0 Å². The number of morpholine rings is 1. The Balaban J connectivity index is 1.71. The number of nitrogens with zero attached hydrogens (tertiary/aromatic N) is 2. The number of amides is 2. The van der Waals surface area contributed by atoms with E-state index in [0.29, 0.717) is 0 Å². The molecule has 3 rings (SSSR count). The van der Waals surface area contributed by atoms with Crippen LogP contribution in [0.25, 0.3) is 0 Å². The summed E-state index contributed by atoms with van der Waals surface area (Å²) in [7, 11) is -4.18. The topological polar surface area (TPSA) is 148 Å². The van der Waals surface area contributed by atoms with Crippen LogP contribution in [0.3, 0.4) is 0 Å². The summed E-state index contributed by atoms with van der Waals surface area (Å²) in [5.74, 6) is -2.65. The first-order chi connectivity index (χ1) is 14.7. The number of nitro groups is 1. The van der Waals surface area contributed by atoms with E-state index in [2.05, 4.69) is 10.9 Å². The summed E-state index contributed by atoms with van der Waals surface area (Å²) in [5, 5.41) is 10.6. The Kier molecular flexibility index (Phi) is 6.58. The Morgan fingerprint density at radius 2 is 1.55 bits per heavy atom. The molecule has 0 unspecified atom stereocenters. The third-order valence-corrected chi connectivity index (χ3v) is 6.32. The van der Waals surface area contributed by atoms with Crippen molar-refractivity contribution in [3.8, 4) is 0 Å². The molecule has 1 heterocycles. The van der Waals surface area contributed by atoms with Gasteiger partial charge in [-0.1, -0.05) is 0 Å². The quantitative estimate of drug-likeness (QED) is 0.504. The lowest BCUT2D eigenvalue weighted by Crippen LogP contribution is -2.42. The number of sulfonamides is 1. The van der Waals surface area contributed by atoms with Gasteiger partial charge in [0.2, 0.25) is 10.0 Å². The molecule has 1 saturated heterocycles. The molecule has 0 radical (unpaired) electrons. The molecule has 0 saturated carbocycles. The van der Waals surface area contributed by atoms with Gasteiger partial charge < -0.3 is 4.74 Å². The fourth-order valence-electron chi connectivity index (χ4n) is 2.76. The summed E-state index contributed by atoms with van der Waals surface area (Å²) in [6.07, 6.45) is 0. The third kappa shape index (κ3) is 5.02. The summed E-state index contributed by atoms with van der Waals surface area (Å²) in [6.45, 7) is 0.471. The van der Waals surface area contributed by atoms with Gasteiger partial charge in [-0.3, -0.25) is 30.6 Å². The van der Waals surface area contributed by atoms with Crippen LogP contribution in [0.1, 0.15) is 20.7 Å². The smallest absolute Gasteiger partial charge is 0.269 e. The maximum Gasteiger partial charge on any atom is 0.269 e. The number of carbonyl (C=O) groups is 2. The van der Waals surface area contributed by atoms with Crippen LogP contribution in [0.2, 0.25) is 0 Å². The molecule has 0 aliphatic carbocycles. The number of hydrazine groups is 1. The van der Waals surface area contributed by atoms with Gasteiger partial charge in [0.05, 0.1) is 18.1 Å². The van der Waals surface area contributed by atoms with E-state index < -0.39 is 37.5 Å². The summed E-state index contributed by atoms with van der Waals surface area (Å²) >= 11 is 0. The fourth-order valence-corrected chi connectivity index (χ4v) is 4.26. The molecule has 0 bridgehead atoms. The van der Waals surface area contributed by atoms with E-state index in [4.69, 9.17) is 4.74 Å².